The van der Waals surface area contributed by atoms with E-state index in [1.807, 2.05) is 48.5 Å². The Balaban J connectivity index is 1.52. The van der Waals surface area contributed by atoms with E-state index in [-0.39, 0.29) is 12.3 Å². The first-order valence-electron chi connectivity index (χ1n) is 8.72. The second-order valence-electron chi connectivity index (χ2n) is 6.61. The largest absolute Gasteiger partial charge is 0.481 e. The molecule has 0 atom stereocenters. The first-order valence-corrected chi connectivity index (χ1v) is 8.72. The normalized spacial score (nSPS) is 15.0. The van der Waals surface area contributed by atoms with E-state index in [1.54, 1.807) is 0 Å². The molecule has 6 heteroatoms. The Hall–Kier alpha value is -2.86. The van der Waals surface area contributed by atoms with Gasteiger partial charge in [-0.3, -0.25) is 15.1 Å². The third-order valence-electron chi connectivity index (χ3n) is 4.70. The minimum Gasteiger partial charge on any atom is -0.481 e. The minimum absolute atomic E-state index is 0.0708. The maximum atomic E-state index is 10.7. The number of carbonyl (C=O) groups is 1. The standard InChI is InChI=1S/C20H24N4O2/c21-20(22)17-5-7-18(8-6-17)24-11-9-23(10-12-24)14-16-3-1-15(2-4-16)13-19(25)26/h1-8H,9-14H2,(H3,21,22)(H,25,26). The molecule has 0 unspecified atom stereocenters. The number of benzene rings is 2. The predicted octanol–water partition coefficient (Wildman–Crippen LogP) is 1.92. The Morgan fingerprint density at radius 1 is 0.962 bits per heavy atom. The maximum Gasteiger partial charge on any atom is 0.307 e. The number of nitrogens with two attached hydrogens (primary N) is 1. The number of aliphatic carboxylic acids is 1. The number of nitrogen functional groups attached to an aromatic ring is 1. The van der Waals surface area contributed by atoms with Gasteiger partial charge in [0.1, 0.15) is 5.84 Å². The molecule has 136 valence electrons. The van der Waals surface area contributed by atoms with Gasteiger partial charge in [0.2, 0.25) is 0 Å². The highest BCUT2D eigenvalue weighted by atomic mass is 16.4. The molecule has 2 aromatic rings. The number of hydrogen-bond acceptors (Lipinski definition) is 4. The third kappa shape index (κ3) is 4.61. The van der Waals surface area contributed by atoms with E-state index in [2.05, 4.69) is 9.80 Å². The van der Waals surface area contributed by atoms with E-state index < -0.39 is 5.97 Å². The van der Waals surface area contributed by atoms with Gasteiger partial charge in [0.05, 0.1) is 6.42 Å². The van der Waals surface area contributed by atoms with Gasteiger partial charge in [-0.1, -0.05) is 24.3 Å². The van der Waals surface area contributed by atoms with Crippen molar-refractivity contribution in [2.45, 2.75) is 13.0 Å². The van der Waals surface area contributed by atoms with Crippen molar-refractivity contribution in [2.75, 3.05) is 31.1 Å². The van der Waals surface area contributed by atoms with Crippen LogP contribution in [0.3, 0.4) is 0 Å². The zero-order valence-corrected chi connectivity index (χ0v) is 14.7. The Kier molecular flexibility index (Phi) is 5.53. The molecule has 0 radical (unpaired) electrons. The number of nitrogens with one attached hydrogen (secondary N) is 1. The molecule has 4 N–H and O–H groups in total. The molecule has 26 heavy (non-hydrogen) atoms. The fourth-order valence-corrected chi connectivity index (χ4v) is 3.21. The summed E-state index contributed by atoms with van der Waals surface area (Å²) in [5.41, 5.74) is 9.45. The van der Waals surface area contributed by atoms with Crippen molar-refractivity contribution in [2.24, 2.45) is 5.73 Å². The van der Waals surface area contributed by atoms with Crippen LogP contribution in [0.25, 0.3) is 0 Å². The molecule has 0 bridgehead atoms. The van der Waals surface area contributed by atoms with Gasteiger partial charge in [0.15, 0.2) is 0 Å². The molecule has 0 aliphatic carbocycles. The molecule has 1 heterocycles. The van der Waals surface area contributed by atoms with Gasteiger partial charge in [0.25, 0.3) is 0 Å². The molecule has 1 aliphatic heterocycles. The Morgan fingerprint density at radius 3 is 2.08 bits per heavy atom. The van der Waals surface area contributed by atoms with Gasteiger partial charge < -0.3 is 15.7 Å². The molecule has 2 aromatic carbocycles. The minimum atomic E-state index is -0.801. The van der Waals surface area contributed by atoms with Crippen LogP contribution < -0.4 is 10.6 Å². The Bertz CT molecular complexity index is 763. The van der Waals surface area contributed by atoms with Gasteiger partial charge in [-0.15, -0.1) is 0 Å². The molecule has 0 spiro atoms. The molecule has 0 aromatic heterocycles. The molecule has 1 aliphatic rings. The highest BCUT2D eigenvalue weighted by Crippen LogP contribution is 2.18. The van der Waals surface area contributed by atoms with Gasteiger partial charge in [0, 0.05) is 44.0 Å². The number of amidine groups is 1. The summed E-state index contributed by atoms with van der Waals surface area (Å²) < 4.78 is 0. The van der Waals surface area contributed by atoms with Gasteiger partial charge in [-0.25, -0.2) is 0 Å². The number of anilines is 1. The van der Waals surface area contributed by atoms with Crippen LogP contribution in [-0.4, -0.2) is 48.0 Å². The molecular formula is C20H24N4O2. The number of carboxylic acid groups (broad SMARTS) is 1. The zero-order valence-electron chi connectivity index (χ0n) is 14.7. The summed E-state index contributed by atoms with van der Waals surface area (Å²) in [4.78, 5) is 15.5. The number of nitrogens with zero attached hydrogens (tertiary/aromatic N) is 2. The van der Waals surface area contributed by atoms with Crippen molar-refractivity contribution in [1.82, 2.24) is 4.90 Å². The first kappa shape index (κ1) is 17.9. The summed E-state index contributed by atoms with van der Waals surface area (Å²) in [6.07, 6.45) is 0.0708. The van der Waals surface area contributed by atoms with Gasteiger partial charge >= 0.3 is 5.97 Å². The Morgan fingerprint density at radius 2 is 1.54 bits per heavy atom. The smallest absolute Gasteiger partial charge is 0.307 e. The quantitative estimate of drug-likeness (QED) is 0.545. The first-order chi connectivity index (χ1) is 12.5. The molecule has 6 nitrogen and oxygen atoms in total. The van der Waals surface area contributed by atoms with Gasteiger partial charge in [-0.05, 0) is 35.4 Å². The number of rotatable bonds is 6. The molecule has 3 rings (SSSR count). The molecule has 1 saturated heterocycles. The third-order valence-corrected chi connectivity index (χ3v) is 4.70. The van der Waals surface area contributed by atoms with Crippen molar-refractivity contribution in [3.63, 3.8) is 0 Å². The topological polar surface area (TPSA) is 93.7 Å². The number of hydrogen-bond donors (Lipinski definition) is 3. The van der Waals surface area contributed by atoms with Crippen molar-refractivity contribution >= 4 is 17.5 Å². The van der Waals surface area contributed by atoms with E-state index in [9.17, 15) is 4.79 Å². The molecule has 0 saturated carbocycles. The second-order valence-corrected chi connectivity index (χ2v) is 6.61. The van der Waals surface area contributed by atoms with Crippen molar-refractivity contribution in [3.8, 4) is 0 Å². The Labute approximate surface area is 153 Å². The van der Waals surface area contributed by atoms with E-state index >= 15 is 0 Å². The van der Waals surface area contributed by atoms with Crippen LogP contribution in [0.5, 0.6) is 0 Å². The van der Waals surface area contributed by atoms with Crippen LogP contribution in [0.4, 0.5) is 5.69 Å². The summed E-state index contributed by atoms with van der Waals surface area (Å²) in [5.74, 6) is -0.707. The lowest BCUT2D eigenvalue weighted by Gasteiger charge is -2.36. The predicted molar refractivity (Wildman–Crippen MR) is 103 cm³/mol. The van der Waals surface area contributed by atoms with E-state index in [1.165, 1.54) is 5.56 Å². The summed E-state index contributed by atoms with van der Waals surface area (Å²) in [6, 6.07) is 15.7. The van der Waals surface area contributed by atoms with Crippen LogP contribution in [0.2, 0.25) is 0 Å². The SMILES string of the molecule is N=C(N)c1ccc(N2CCN(Cc3ccc(CC(=O)O)cc3)CC2)cc1. The van der Waals surface area contributed by atoms with E-state index in [0.29, 0.717) is 0 Å². The van der Waals surface area contributed by atoms with Crippen molar-refractivity contribution < 1.29 is 9.90 Å². The van der Waals surface area contributed by atoms with Gasteiger partial charge in [-0.2, -0.15) is 0 Å². The summed E-state index contributed by atoms with van der Waals surface area (Å²) in [5, 5.41) is 16.3. The molecule has 1 fully saturated rings. The summed E-state index contributed by atoms with van der Waals surface area (Å²) >= 11 is 0. The lowest BCUT2D eigenvalue weighted by Crippen LogP contribution is -2.45. The summed E-state index contributed by atoms with van der Waals surface area (Å²) in [7, 11) is 0. The van der Waals surface area contributed by atoms with Crippen molar-refractivity contribution in [3.05, 3.63) is 65.2 Å². The fourth-order valence-electron chi connectivity index (χ4n) is 3.21. The van der Waals surface area contributed by atoms with Crippen LogP contribution in [0.15, 0.2) is 48.5 Å². The van der Waals surface area contributed by atoms with Crippen LogP contribution in [0.1, 0.15) is 16.7 Å². The summed E-state index contributed by atoms with van der Waals surface area (Å²) in [6.45, 7) is 4.74. The van der Waals surface area contributed by atoms with E-state index in [4.69, 9.17) is 16.2 Å². The van der Waals surface area contributed by atoms with Crippen molar-refractivity contribution in [1.29, 1.82) is 5.41 Å². The monoisotopic (exact) mass is 352 g/mol. The average molecular weight is 352 g/mol. The average Bonchev–Trinajstić information content (AvgIpc) is 2.64. The number of carboxylic acids is 1. The van der Waals surface area contributed by atoms with Crippen LogP contribution in [-0.2, 0) is 17.8 Å². The maximum absolute atomic E-state index is 10.7. The second kappa shape index (κ2) is 8.01. The highest BCUT2D eigenvalue weighted by molar-refractivity contribution is 5.95. The van der Waals surface area contributed by atoms with Crippen LogP contribution >= 0.6 is 0 Å². The lowest BCUT2D eigenvalue weighted by atomic mass is 10.1. The van der Waals surface area contributed by atoms with E-state index in [0.717, 1.165) is 49.5 Å². The molecule has 0 amide bonds. The lowest BCUT2D eigenvalue weighted by molar-refractivity contribution is -0.136. The fraction of sp³-hybridized carbons (Fsp3) is 0.300. The zero-order chi connectivity index (χ0) is 18.5. The molecular weight excluding hydrogens is 328 g/mol. The van der Waals surface area contributed by atoms with Crippen LogP contribution in [0, 0.1) is 5.41 Å². The highest BCUT2D eigenvalue weighted by Gasteiger charge is 2.17. The number of piperazine rings is 1.